The Labute approximate surface area is 111 Å². The van der Waals surface area contributed by atoms with E-state index in [1.165, 1.54) is 16.8 Å². The van der Waals surface area contributed by atoms with Gasteiger partial charge in [-0.3, -0.25) is 0 Å². The van der Waals surface area contributed by atoms with Crippen molar-refractivity contribution in [3.63, 3.8) is 0 Å². The fraction of sp³-hybridized carbons (Fsp3) is 0.545. The molecule has 102 valence electrons. The molecule has 1 aromatic rings. The number of aromatic nitrogens is 1. The molecule has 0 aliphatic carbocycles. The minimum atomic E-state index is -3.84. The Bertz CT molecular complexity index is 533. The number of halogens is 1. The van der Waals surface area contributed by atoms with E-state index in [-0.39, 0.29) is 23.1 Å². The van der Waals surface area contributed by atoms with Gasteiger partial charge in [0.25, 0.3) is 9.05 Å². The lowest BCUT2D eigenvalue weighted by atomic mass is 10.2. The highest BCUT2D eigenvalue weighted by atomic mass is 35.7. The maximum Gasteiger partial charge on any atom is 0.354 e. The molecule has 0 N–H and O–H groups in total. The van der Waals surface area contributed by atoms with Gasteiger partial charge in [0.2, 0.25) is 0 Å². The second-order valence-corrected chi connectivity index (χ2v) is 6.84. The Morgan fingerprint density at radius 2 is 2.11 bits per heavy atom. The number of carbonyl (C=O) groups excluding carboxylic acids is 1. The van der Waals surface area contributed by atoms with Crippen LogP contribution in [0.2, 0.25) is 0 Å². The van der Waals surface area contributed by atoms with E-state index in [0.29, 0.717) is 6.54 Å². The van der Waals surface area contributed by atoms with Crippen LogP contribution in [-0.2, 0) is 20.3 Å². The molecule has 0 saturated carbocycles. The Kier molecular flexibility index (Phi) is 4.81. The first-order valence-corrected chi connectivity index (χ1v) is 7.88. The Morgan fingerprint density at radius 1 is 1.50 bits per heavy atom. The number of hydrogen-bond acceptors (Lipinski definition) is 4. The minimum Gasteiger partial charge on any atom is -0.461 e. The third-order valence-electron chi connectivity index (χ3n) is 2.25. The quantitative estimate of drug-likeness (QED) is 0.617. The molecule has 0 spiro atoms. The smallest absolute Gasteiger partial charge is 0.354 e. The van der Waals surface area contributed by atoms with Gasteiger partial charge in [0.1, 0.15) is 10.6 Å². The zero-order valence-corrected chi connectivity index (χ0v) is 12.1. The number of esters is 1. The van der Waals surface area contributed by atoms with Crippen molar-refractivity contribution in [2.45, 2.75) is 32.2 Å². The Hall–Kier alpha value is -1.01. The summed E-state index contributed by atoms with van der Waals surface area (Å²) in [6, 6.07) is 1.23. The standard InChI is InChI=1S/C11H16ClNO4S/c1-4-13-6-9(18(12,15)16)5-10(13)11(14)17-7-8(2)3/h5-6,8H,4,7H2,1-3H3. The molecular weight excluding hydrogens is 278 g/mol. The van der Waals surface area contributed by atoms with Crippen molar-refractivity contribution in [1.82, 2.24) is 4.57 Å². The van der Waals surface area contributed by atoms with Crippen LogP contribution in [-0.4, -0.2) is 25.6 Å². The van der Waals surface area contributed by atoms with Gasteiger partial charge in [0, 0.05) is 23.4 Å². The van der Waals surface area contributed by atoms with Crippen molar-refractivity contribution in [3.8, 4) is 0 Å². The SMILES string of the molecule is CCn1cc(S(=O)(=O)Cl)cc1C(=O)OCC(C)C. The topological polar surface area (TPSA) is 65.4 Å². The molecule has 5 nitrogen and oxygen atoms in total. The normalized spacial score (nSPS) is 11.8. The van der Waals surface area contributed by atoms with Crippen molar-refractivity contribution in [2.24, 2.45) is 5.92 Å². The summed E-state index contributed by atoms with van der Waals surface area (Å²) in [7, 11) is 1.40. The lowest BCUT2D eigenvalue weighted by Crippen LogP contribution is -2.14. The largest absolute Gasteiger partial charge is 0.461 e. The molecule has 0 aromatic carbocycles. The number of carbonyl (C=O) groups is 1. The average Bonchev–Trinajstić information content (AvgIpc) is 2.69. The number of aryl methyl sites for hydroxylation is 1. The predicted molar refractivity (Wildman–Crippen MR) is 68.3 cm³/mol. The van der Waals surface area contributed by atoms with Crippen molar-refractivity contribution in [2.75, 3.05) is 6.61 Å². The summed E-state index contributed by atoms with van der Waals surface area (Å²) < 4.78 is 29.0. The van der Waals surface area contributed by atoms with Crippen LogP contribution in [0.15, 0.2) is 17.2 Å². The van der Waals surface area contributed by atoms with Crippen molar-refractivity contribution in [3.05, 3.63) is 18.0 Å². The molecule has 0 bridgehead atoms. The summed E-state index contributed by atoms with van der Waals surface area (Å²) in [6.07, 6.45) is 1.33. The van der Waals surface area contributed by atoms with Gasteiger partial charge in [-0.05, 0) is 18.9 Å². The molecule has 18 heavy (non-hydrogen) atoms. The molecule has 7 heteroatoms. The summed E-state index contributed by atoms with van der Waals surface area (Å²) in [5, 5.41) is 0. The van der Waals surface area contributed by atoms with Crippen LogP contribution in [0.3, 0.4) is 0 Å². The fourth-order valence-corrected chi connectivity index (χ4v) is 2.12. The van der Waals surface area contributed by atoms with Crippen LogP contribution in [0.4, 0.5) is 0 Å². The zero-order valence-electron chi connectivity index (χ0n) is 10.5. The summed E-state index contributed by atoms with van der Waals surface area (Å²) in [5.74, 6) is -0.327. The fourth-order valence-electron chi connectivity index (χ4n) is 1.37. The second-order valence-electron chi connectivity index (χ2n) is 4.28. The summed E-state index contributed by atoms with van der Waals surface area (Å²) in [4.78, 5) is 11.7. The highest BCUT2D eigenvalue weighted by Crippen LogP contribution is 2.19. The summed E-state index contributed by atoms with van der Waals surface area (Å²) >= 11 is 0. The molecule has 0 aliphatic rings. The molecular formula is C11H16ClNO4S. The van der Waals surface area contributed by atoms with Gasteiger partial charge in [-0.25, -0.2) is 13.2 Å². The minimum absolute atomic E-state index is 0.0949. The molecule has 1 aromatic heterocycles. The van der Waals surface area contributed by atoms with E-state index < -0.39 is 15.0 Å². The first-order chi connectivity index (χ1) is 8.25. The molecule has 0 atom stereocenters. The lowest BCUT2D eigenvalue weighted by molar-refractivity contribution is 0.0446. The zero-order chi connectivity index (χ0) is 13.9. The highest BCUT2D eigenvalue weighted by molar-refractivity contribution is 8.13. The van der Waals surface area contributed by atoms with Crippen LogP contribution in [0.5, 0.6) is 0 Å². The number of nitrogens with zero attached hydrogens (tertiary/aromatic N) is 1. The van der Waals surface area contributed by atoms with E-state index in [0.717, 1.165) is 0 Å². The molecule has 0 unspecified atom stereocenters. The molecule has 0 fully saturated rings. The first-order valence-electron chi connectivity index (χ1n) is 5.57. The van der Waals surface area contributed by atoms with E-state index in [2.05, 4.69) is 0 Å². The van der Waals surface area contributed by atoms with E-state index in [9.17, 15) is 13.2 Å². The maximum absolute atomic E-state index is 11.8. The molecule has 0 radical (unpaired) electrons. The monoisotopic (exact) mass is 293 g/mol. The third-order valence-corrected chi connectivity index (χ3v) is 3.57. The van der Waals surface area contributed by atoms with Crippen LogP contribution >= 0.6 is 10.7 Å². The second kappa shape index (κ2) is 5.75. The Balaban J connectivity index is 3.01. The van der Waals surface area contributed by atoms with Gasteiger partial charge < -0.3 is 9.30 Å². The van der Waals surface area contributed by atoms with E-state index >= 15 is 0 Å². The summed E-state index contributed by atoms with van der Waals surface area (Å²) in [6.45, 7) is 6.38. The Morgan fingerprint density at radius 3 is 2.56 bits per heavy atom. The predicted octanol–water partition coefficient (Wildman–Crippen LogP) is 2.25. The van der Waals surface area contributed by atoms with E-state index in [1.807, 2.05) is 13.8 Å². The van der Waals surface area contributed by atoms with Gasteiger partial charge in [-0.2, -0.15) is 0 Å². The molecule has 0 amide bonds. The molecule has 0 aliphatic heterocycles. The van der Waals surface area contributed by atoms with Crippen molar-refractivity contribution >= 4 is 25.7 Å². The van der Waals surface area contributed by atoms with Crippen LogP contribution in [0.25, 0.3) is 0 Å². The molecule has 1 rings (SSSR count). The van der Waals surface area contributed by atoms with Crippen molar-refractivity contribution in [1.29, 1.82) is 0 Å². The van der Waals surface area contributed by atoms with Gasteiger partial charge in [0.05, 0.1) is 6.61 Å². The van der Waals surface area contributed by atoms with Gasteiger partial charge in [-0.1, -0.05) is 13.8 Å². The lowest BCUT2D eigenvalue weighted by Gasteiger charge is -2.08. The third kappa shape index (κ3) is 3.74. The van der Waals surface area contributed by atoms with Crippen LogP contribution < -0.4 is 0 Å². The number of hydrogen-bond donors (Lipinski definition) is 0. The molecule has 0 saturated heterocycles. The van der Waals surface area contributed by atoms with Crippen molar-refractivity contribution < 1.29 is 17.9 Å². The van der Waals surface area contributed by atoms with E-state index in [1.54, 1.807) is 6.92 Å². The van der Waals surface area contributed by atoms with E-state index in [4.69, 9.17) is 15.4 Å². The number of ether oxygens (including phenoxy) is 1. The molecule has 1 heterocycles. The summed E-state index contributed by atoms with van der Waals surface area (Å²) in [5.41, 5.74) is 0.192. The van der Waals surface area contributed by atoms with Crippen LogP contribution in [0, 0.1) is 5.92 Å². The van der Waals surface area contributed by atoms with Gasteiger partial charge in [-0.15, -0.1) is 0 Å². The maximum atomic E-state index is 11.8. The van der Waals surface area contributed by atoms with Gasteiger partial charge in [0.15, 0.2) is 0 Å². The average molecular weight is 294 g/mol. The van der Waals surface area contributed by atoms with Gasteiger partial charge >= 0.3 is 5.97 Å². The first kappa shape index (κ1) is 15.0. The van der Waals surface area contributed by atoms with Crippen LogP contribution in [0.1, 0.15) is 31.3 Å². The highest BCUT2D eigenvalue weighted by Gasteiger charge is 2.20. The number of rotatable bonds is 5.